The molecule has 23 heavy (non-hydrogen) atoms. The molecule has 0 aromatic heterocycles. The molecule has 1 N–H and O–H groups in total. The van der Waals surface area contributed by atoms with Gasteiger partial charge in [0.2, 0.25) is 6.19 Å². The van der Waals surface area contributed by atoms with Crippen molar-refractivity contribution in [1.29, 1.82) is 5.26 Å². The number of hydrogen-bond donors (Lipinski definition) is 1. The summed E-state index contributed by atoms with van der Waals surface area (Å²) in [7, 11) is 0. The summed E-state index contributed by atoms with van der Waals surface area (Å²) in [5.41, 5.74) is 0.426. The highest BCUT2D eigenvalue weighted by molar-refractivity contribution is 5.96. The zero-order valence-corrected chi connectivity index (χ0v) is 12.8. The Labute approximate surface area is 134 Å². The standard InChI is InChI=1S/C15H18N4O4/c1-2-23-15(21)13(9-6-10-19(11-16)18-22)17-14(20)12-7-4-3-5-8-12/h3-5,7-8,13H,2,6,9-10H2,1H3,(H,17,20)/t13-/m0/s1. The maximum Gasteiger partial charge on any atom is 0.328 e. The average Bonchev–Trinajstić information content (AvgIpc) is 2.58. The maximum atomic E-state index is 12.1. The molecule has 0 radical (unpaired) electrons. The maximum absolute atomic E-state index is 12.1. The first-order valence-corrected chi connectivity index (χ1v) is 7.15. The summed E-state index contributed by atoms with van der Waals surface area (Å²) in [6.07, 6.45) is 2.14. The fourth-order valence-corrected chi connectivity index (χ4v) is 1.88. The van der Waals surface area contributed by atoms with E-state index in [1.165, 1.54) is 0 Å². The van der Waals surface area contributed by atoms with Gasteiger partial charge in [-0.25, -0.2) is 4.79 Å². The molecule has 1 amide bonds. The molecule has 0 saturated carbocycles. The smallest absolute Gasteiger partial charge is 0.328 e. The molecule has 1 aromatic rings. The number of ether oxygens (including phenoxy) is 1. The molecule has 0 saturated heterocycles. The first-order chi connectivity index (χ1) is 11.1. The van der Waals surface area contributed by atoms with Gasteiger partial charge in [0, 0.05) is 5.56 Å². The second-order valence-corrected chi connectivity index (χ2v) is 4.59. The zero-order valence-electron chi connectivity index (χ0n) is 12.8. The number of nitroso groups, excluding NO2 is 1. The minimum Gasteiger partial charge on any atom is -0.464 e. The molecule has 0 unspecified atom stereocenters. The summed E-state index contributed by atoms with van der Waals surface area (Å²) < 4.78 is 4.93. The van der Waals surface area contributed by atoms with Crippen LogP contribution < -0.4 is 5.32 Å². The Morgan fingerprint density at radius 1 is 1.39 bits per heavy atom. The summed E-state index contributed by atoms with van der Waals surface area (Å²) >= 11 is 0. The largest absolute Gasteiger partial charge is 0.464 e. The molecule has 0 spiro atoms. The van der Waals surface area contributed by atoms with Gasteiger partial charge < -0.3 is 10.1 Å². The number of esters is 1. The van der Waals surface area contributed by atoms with Crippen LogP contribution in [0.25, 0.3) is 0 Å². The van der Waals surface area contributed by atoms with Crippen LogP contribution in [-0.4, -0.2) is 36.1 Å². The van der Waals surface area contributed by atoms with Crippen LogP contribution in [0.4, 0.5) is 0 Å². The predicted octanol–water partition coefficient (Wildman–Crippen LogP) is 1.59. The highest BCUT2D eigenvalue weighted by Gasteiger charge is 2.22. The van der Waals surface area contributed by atoms with Crippen LogP contribution in [0.1, 0.15) is 30.1 Å². The normalized spacial score (nSPS) is 11.0. The van der Waals surface area contributed by atoms with Gasteiger partial charge in [0.15, 0.2) is 0 Å². The number of benzene rings is 1. The molecule has 8 heteroatoms. The molecule has 0 aliphatic rings. The number of hydrogen-bond acceptors (Lipinski definition) is 6. The molecule has 1 aromatic carbocycles. The molecular weight excluding hydrogens is 300 g/mol. The third-order valence-corrected chi connectivity index (χ3v) is 2.99. The Morgan fingerprint density at radius 2 is 2.09 bits per heavy atom. The van der Waals surface area contributed by atoms with Gasteiger partial charge in [-0.2, -0.15) is 10.3 Å². The fourth-order valence-electron chi connectivity index (χ4n) is 1.88. The lowest BCUT2D eigenvalue weighted by molar-refractivity contribution is -0.145. The second-order valence-electron chi connectivity index (χ2n) is 4.59. The molecule has 0 aliphatic heterocycles. The van der Waals surface area contributed by atoms with Gasteiger partial charge in [-0.3, -0.25) is 4.79 Å². The first kappa shape index (κ1) is 18.1. The molecule has 8 nitrogen and oxygen atoms in total. The van der Waals surface area contributed by atoms with Crippen molar-refractivity contribution in [3.8, 4) is 6.19 Å². The molecule has 0 bridgehead atoms. The van der Waals surface area contributed by atoms with Crippen LogP contribution in [-0.2, 0) is 9.53 Å². The lowest BCUT2D eigenvalue weighted by Crippen LogP contribution is -2.42. The lowest BCUT2D eigenvalue weighted by atomic mass is 10.1. The Balaban J connectivity index is 2.65. The summed E-state index contributed by atoms with van der Waals surface area (Å²) in [5.74, 6) is -0.950. The van der Waals surface area contributed by atoms with Crippen molar-refractivity contribution in [2.45, 2.75) is 25.8 Å². The van der Waals surface area contributed by atoms with Gasteiger partial charge in [-0.15, -0.1) is 4.91 Å². The van der Waals surface area contributed by atoms with E-state index in [4.69, 9.17) is 10.00 Å². The highest BCUT2D eigenvalue weighted by atomic mass is 16.5. The first-order valence-electron chi connectivity index (χ1n) is 7.15. The van der Waals surface area contributed by atoms with Crippen molar-refractivity contribution >= 4 is 11.9 Å². The number of rotatable bonds is 9. The van der Waals surface area contributed by atoms with Gasteiger partial charge in [0.05, 0.1) is 18.4 Å². The van der Waals surface area contributed by atoms with Crippen molar-refractivity contribution in [2.75, 3.05) is 13.2 Å². The van der Waals surface area contributed by atoms with E-state index < -0.39 is 17.9 Å². The molecule has 0 aliphatic carbocycles. The van der Waals surface area contributed by atoms with E-state index in [0.717, 1.165) is 0 Å². The number of amides is 1. The third-order valence-electron chi connectivity index (χ3n) is 2.99. The van der Waals surface area contributed by atoms with E-state index in [1.807, 2.05) is 0 Å². The average molecular weight is 318 g/mol. The molecule has 0 heterocycles. The highest BCUT2D eigenvalue weighted by Crippen LogP contribution is 2.05. The van der Waals surface area contributed by atoms with Crippen molar-refractivity contribution in [2.24, 2.45) is 5.29 Å². The summed E-state index contributed by atoms with van der Waals surface area (Å²) in [6.45, 7) is 1.93. The van der Waals surface area contributed by atoms with Crippen LogP contribution in [0, 0.1) is 16.4 Å². The molecular formula is C15H18N4O4. The predicted molar refractivity (Wildman–Crippen MR) is 81.7 cm³/mol. The Hall–Kier alpha value is -2.95. The van der Waals surface area contributed by atoms with E-state index >= 15 is 0 Å². The minimum atomic E-state index is -0.852. The van der Waals surface area contributed by atoms with E-state index in [1.54, 1.807) is 43.4 Å². The number of carbonyl (C=O) groups excluding carboxylic acids is 2. The zero-order chi connectivity index (χ0) is 17.1. The SMILES string of the molecule is CCOC(=O)[C@H](CCCN(C#N)N=O)NC(=O)c1ccccc1. The van der Waals surface area contributed by atoms with Crippen LogP contribution in [0.15, 0.2) is 35.6 Å². The lowest BCUT2D eigenvalue weighted by Gasteiger charge is -2.17. The monoisotopic (exact) mass is 318 g/mol. The molecule has 0 fully saturated rings. The van der Waals surface area contributed by atoms with Crippen molar-refractivity contribution in [3.05, 3.63) is 40.8 Å². The quantitative estimate of drug-likeness (QED) is 0.243. The summed E-state index contributed by atoms with van der Waals surface area (Å²) in [6, 6.07) is 7.62. The van der Waals surface area contributed by atoms with Crippen LogP contribution in [0.2, 0.25) is 0 Å². The third kappa shape index (κ3) is 6.13. The van der Waals surface area contributed by atoms with Gasteiger partial charge >= 0.3 is 5.97 Å². The van der Waals surface area contributed by atoms with Crippen molar-refractivity contribution in [3.63, 3.8) is 0 Å². The molecule has 1 rings (SSSR count). The van der Waals surface area contributed by atoms with E-state index in [9.17, 15) is 14.5 Å². The van der Waals surface area contributed by atoms with Gasteiger partial charge in [0.25, 0.3) is 5.91 Å². The number of nitrogens with one attached hydrogen (secondary N) is 1. The van der Waals surface area contributed by atoms with E-state index in [-0.39, 0.29) is 19.6 Å². The van der Waals surface area contributed by atoms with E-state index in [2.05, 4.69) is 10.6 Å². The number of nitrogens with zero attached hydrogens (tertiary/aromatic N) is 3. The Kier molecular flexibility index (Phi) is 7.78. The topological polar surface area (TPSA) is 112 Å². The molecule has 1 atom stereocenters. The summed E-state index contributed by atoms with van der Waals surface area (Å²) in [4.78, 5) is 34.4. The Bertz CT molecular complexity index is 571. The second kappa shape index (κ2) is 9.89. The Morgan fingerprint density at radius 3 is 2.65 bits per heavy atom. The fraction of sp³-hybridized carbons (Fsp3) is 0.400. The summed E-state index contributed by atoms with van der Waals surface area (Å²) in [5, 5.41) is 14.4. The minimum absolute atomic E-state index is 0.0666. The van der Waals surface area contributed by atoms with E-state index in [0.29, 0.717) is 17.0 Å². The number of carbonyl (C=O) groups is 2. The van der Waals surface area contributed by atoms with Crippen molar-refractivity contribution in [1.82, 2.24) is 10.3 Å². The van der Waals surface area contributed by atoms with Crippen LogP contribution in [0.5, 0.6) is 0 Å². The van der Waals surface area contributed by atoms with Crippen LogP contribution in [0.3, 0.4) is 0 Å². The number of nitriles is 1. The molecule has 122 valence electrons. The van der Waals surface area contributed by atoms with Gasteiger partial charge in [-0.05, 0) is 31.9 Å². The van der Waals surface area contributed by atoms with Gasteiger partial charge in [0.1, 0.15) is 6.04 Å². The van der Waals surface area contributed by atoms with Crippen molar-refractivity contribution < 1.29 is 14.3 Å². The van der Waals surface area contributed by atoms with Crippen LogP contribution >= 0.6 is 0 Å². The van der Waals surface area contributed by atoms with Gasteiger partial charge in [-0.1, -0.05) is 18.2 Å².